The number of fused-ring (bicyclic) bond motifs is 7. The van der Waals surface area contributed by atoms with Gasteiger partial charge >= 0.3 is 0 Å². The van der Waals surface area contributed by atoms with Crippen molar-refractivity contribution in [2.75, 3.05) is 0 Å². The molecule has 2 atom stereocenters. The van der Waals surface area contributed by atoms with Crippen molar-refractivity contribution in [3.63, 3.8) is 0 Å². The molecule has 0 radical (unpaired) electrons. The van der Waals surface area contributed by atoms with Crippen molar-refractivity contribution in [3.8, 4) is 83.6 Å². The topological polar surface area (TPSA) is 60.8 Å². The predicted octanol–water partition coefficient (Wildman–Crippen LogP) is 18.0. The quantitative estimate of drug-likeness (QED) is 0.142. The third-order valence-corrected chi connectivity index (χ3v) is 15.7. The lowest BCUT2D eigenvalue weighted by molar-refractivity contribution is 0.272. The molecule has 5 heterocycles. The van der Waals surface area contributed by atoms with Crippen LogP contribution in [0.4, 0.5) is 0 Å². The Kier molecular flexibility index (Phi) is 10.6. The molecule has 2 unspecified atom stereocenters. The number of pyridine rings is 4. The number of hydrogen-bond acceptors (Lipinski definition) is 5. The van der Waals surface area contributed by atoms with Crippen molar-refractivity contribution >= 4 is 48.7 Å². The second-order valence-corrected chi connectivity index (χ2v) is 20.1. The third kappa shape index (κ3) is 7.54. The van der Waals surface area contributed by atoms with E-state index >= 15 is 0 Å². The minimum absolute atomic E-state index is 0.0587. The Bertz CT molecular complexity index is 4300. The van der Waals surface area contributed by atoms with Gasteiger partial charge in [0.25, 0.3) is 0 Å². The fourth-order valence-corrected chi connectivity index (χ4v) is 12.4. The number of aromatic nitrogens is 4. The zero-order chi connectivity index (χ0) is 50.8. The molecule has 1 aliphatic heterocycles. The van der Waals surface area contributed by atoms with Crippen LogP contribution in [0.15, 0.2) is 268 Å². The Morgan fingerprint density at radius 2 is 0.649 bits per heavy atom. The fourth-order valence-electron chi connectivity index (χ4n) is 12.4. The number of allylic oxidation sites excluding steroid dienone is 2. The molecule has 0 spiro atoms. The van der Waals surface area contributed by atoms with Crippen LogP contribution in [0.25, 0.3) is 127 Å². The van der Waals surface area contributed by atoms with E-state index in [2.05, 4.69) is 214 Å². The van der Waals surface area contributed by atoms with E-state index in [1.54, 1.807) is 0 Å². The number of hydrogen-bond donors (Lipinski definition) is 0. The van der Waals surface area contributed by atoms with Gasteiger partial charge in [0, 0.05) is 77.4 Å². The minimum Gasteiger partial charge on any atom is -0.485 e. The Hall–Kier alpha value is -10.1. The molecular formula is C72H46N4O. The second-order valence-electron chi connectivity index (χ2n) is 20.1. The molecule has 4 aromatic heterocycles. The summed E-state index contributed by atoms with van der Waals surface area (Å²) in [5, 5.41) is 9.55. The maximum absolute atomic E-state index is 6.98. The molecule has 0 fully saturated rings. The highest BCUT2D eigenvalue weighted by Gasteiger charge is 2.39. The van der Waals surface area contributed by atoms with Gasteiger partial charge in [-0.1, -0.05) is 140 Å². The van der Waals surface area contributed by atoms with E-state index in [9.17, 15) is 0 Å². The van der Waals surface area contributed by atoms with E-state index in [4.69, 9.17) is 4.74 Å². The monoisotopic (exact) mass is 982 g/mol. The van der Waals surface area contributed by atoms with Crippen molar-refractivity contribution in [1.82, 2.24) is 19.9 Å². The molecule has 5 heteroatoms. The standard InChI is InChI=1S/C72H46N4O/c1-3-20-58-56(18-1)68(57-19-2-4-21-59(57)69(58)54-36-50(46-14-10-30-73-41-46)34-51(37-54)47-15-11-31-74-42-47)45-28-29-66-65(40-45)72-64(26-9-27-67(72)77-66)71-62-24-7-5-22-60(62)70(61-23-6-8-25-63(61)71)55-38-52(48-16-12-32-75-43-48)35-53(39-55)49-17-13-33-76-44-49/h1-44,67,72H. The summed E-state index contributed by atoms with van der Waals surface area (Å²) in [4.78, 5) is 18.1. The molecule has 0 bridgehead atoms. The van der Waals surface area contributed by atoms with Gasteiger partial charge in [0.2, 0.25) is 0 Å². The molecule has 13 aromatic rings. The summed E-state index contributed by atoms with van der Waals surface area (Å²) in [6, 6.07) is 73.0. The van der Waals surface area contributed by atoms with E-state index in [1.807, 2.05) is 73.8 Å². The van der Waals surface area contributed by atoms with Crippen molar-refractivity contribution in [3.05, 3.63) is 279 Å². The van der Waals surface area contributed by atoms with Crippen LogP contribution in [-0.2, 0) is 0 Å². The first kappa shape index (κ1) is 44.4. The number of benzene rings is 9. The molecular weight excluding hydrogens is 937 g/mol. The average molecular weight is 983 g/mol. The highest BCUT2D eigenvalue weighted by Crippen LogP contribution is 2.54. The third-order valence-electron chi connectivity index (χ3n) is 15.7. The maximum atomic E-state index is 6.98. The first-order valence-corrected chi connectivity index (χ1v) is 26.2. The van der Waals surface area contributed by atoms with Crippen molar-refractivity contribution in [2.24, 2.45) is 0 Å². The molecule has 5 nitrogen and oxygen atoms in total. The van der Waals surface area contributed by atoms with Gasteiger partial charge < -0.3 is 4.74 Å². The molecule has 15 rings (SSSR count). The molecule has 0 N–H and O–H groups in total. The molecule has 1 aliphatic carbocycles. The average Bonchev–Trinajstić information content (AvgIpc) is 3.98. The molecule has 0 saturated carbocycles. The first-order chi connectivity index (χ1) is 38.2. The fraction of sp³-hybridized carbons (Fsp3) is 0.0278. The Morgan fingerprint density at radius 1 is 0.299 bits per heavy atom. The van der Waals surface area contributed by atoms with Crippen LogP contribution in [0, 0.1) is 0 Å². The van der Waals surface area contributed by atoms with Crippen LogP contribution in [0.3, 0.4) is 0 Å². The van der Waals surface area contributed by atoms with E-state index in [0.29, 0.717) is 0 Å². The van der Waals surface area contributed by atoms with Gasteiger partial charge in [0.15, 0.2) is 0 Å². The normalized spacial score (nSPS) is 14.6. The molecule has 0 saturated heterocycles. The van der Waals surface area contributed by atoms with Crippen molar-refractivity contribution in [1.29, 1.82) is 0 Å². The predicted molar refractivity (Wildman–Crippen MR) is 316 cm³/mol. The van der Waals surface area contributed by atoms with Gasteiger partial charge in [-0.05, 0) is 189 Å². The lowest BCUT2D eigenvalue weighted by Crippen LogP contribution is -2.19. The van der Waals surface area contributed by atoms with Gasteiger partial charge in [0.05, 0.1) is 5.92 Å². The van der Waals surface area contributed by atoms with Gasteiger partial charge in [-0.15, -0.1) is 0 Å². The van der Waals surface area contributed by atoms with Crippen molar-refractivity contribution < 1.29 is 4.74 Å². The number of nitrogens with zero attached hydrogens (tertiary/aromatic N) is 4. The van der Waals surface area contributed by atoms with Crippen LogP contribution < -0.4 is 4.74 Å². The van der Waals surface area contributed by atoms with Gasteiger partial charge in [-0.2, -0.15) is 0 Å². The zero-order valence-corrected chi connectivity index (χ0v) is 41.8. The number of ether oxygens (including phenoxy) is 1. The zero-order valence-electron chi connectivity index (χ0n) is 41.8. The summed E-state index contributed by atoms with van der Waals surface area (Å²) in [5.41, 5.74) is 19.4. The molecule has 77 heavy (non-hydrogen) atoms. The summed E-state index contributed by atoms with van der Waals surface area (Å²) < 4.78 is 6.98. The highest BCUT2D eigenvalue weighted by molar-refractivity contribution is 6.22. The van der Waals surface area contributed by atoms with E-state index in [1.165, 1.54) is 76.5 Å². The highest BCUT2D eigenvalue weighted by atomic mass is 16.5. The largest absolute Gasteiger partial charge is 0.485 e. The molecule has 0 amide bonds. The SMILES string of the molecule is C1=CC2Oc3ccc(-c4c5ccccc5c(-c5cc(-c6cccnc6)cc(-c6cccnc6)c5)c5ccccc45)cc3C2C(c2c3ccccc3c(-c3cc(-c4cccnc4)cc(-c4cccnc4)c3)c3ccccc23)=C1. The Labute approximate surface area is 445 Å². The van der Waals surface area contributed by atoms with Gasteiger partial charge in [0.1, 0.15) is 11.9 Å². The van der Waals surface area contributed by atoms with Crippen LogP contribution in [0.2, 0.25) is 0 Å². The van der Waals surface area contributed by atoms with Gasteiger partial charge in [-0.25, -0.2) is 0 Å². The van der Waals surface area contributed by atoms with Crippen LogP contribution in [0.1, 0.15) is 17.0 Å². The summed E-state index contributed by atoms with van der Waals surface area (Å²) >= 11 is 0. The van der Waals surface area contributed by atoms with E-state index in [-0.39, 0.29) is 12.0 Å². The van der Waals surface area contributed by atoms with Crippen LogP contribution >= 0.6 is 0 Å². The van der Waals surface area contributed by atoms with E-state index in [0.717, 1.165) is 66.9 Å². The maximum Gasteiger partial charge on any atom is 0.128 e. The Balaban J connectivity index is 0.906. The molecule has 360 valence electrons. The summed E-state index contributed by atoms with van der Waals surface area (Å²) in [5.74, 6) is 0.860. The summed E-state index contributed by atoms with van der Waals surface area (Å²) in [6.07, 6.45) is 21.7. The molecule has 2 aliphatic rings. The summed E-state index contributed by atoms with van der Waals surface area (Å²) in [7, 11) is 0. The lowest BCUT2D eigenvalue weighted by Gasteiger charge is -2.27. The summed E-state index contributed by atoms with van der Waals surface area (Å²) in [6.45, 7) is 0. The minimum atomic E-state index is -0.173. The number of rotatable bonds is 8. The van der Waals surface area contributed by atoms with E-state index < -0.39 is 0 Å². The van der Waals surface area contributed by atoms with Crippen LogP contribution in [-0.4, -0.2) is 26.0 Å². The Morgan fingerprint density at radius 3 is 1.01 bits per heavy atom. The second kappa shape index (κ2) is 18.4. The molecule has 9 aromatic carbocycles. The van der Waals surface area contributed by atoms with Crippen LogP contribution in [0.5, 0.6) is 5.75 Å². The van der Waals surface area contributed by atoms with Crippen molar-refractivity contribution in [2.45, 2.75) is 12.0 Å². The lowest BCUT2D eigenvalue weighted by atomic mass is 9.76. The smallest absolute Gasteiger partial charge is 0.128 e. The van der Waals surface area contributed by atoms with Gasteiger partial charge in [-0.3, -0.25) is 19.9 Å². The first-order valence-electron chi connectivity index (χ1n) is 26.2.